The van der Waals surface area contributed by atoms with E-state index in [0.717, 1.165) is 54.6 Å². The molecule has 2 fully saturated rings. The van der Waals surface area contributed by atoms with Gasteiger partial charge in [0.25, 0.3) is 5.91 Å². The zero-order chi connectivity index (χ0) is 24.1. The molecule has 1 atom stereocenters. The molecule has 3 aliphatic rings. The molecule has 1 unspecified atom stereocenters. The van der Waals surface area contributed by atoms with Gasteiger partial charge in [-0.1, -0.05) is 6.07 Å². The fourth-order valence-electron chi connectivity index (χ4n) is 5.79. The smallest absolute Gasteiger partial charge is 0.255 e. The molecule has 35 heavy (non-hydrogen) atoms. The second-order valence-electron chi connectivity index (χ2n) is 9.76. The van der Waals surface area contributed by atoms with E-state index < -0.39 is 17.8 Å². The highest BCUT2D eigenvalue weighted by Gasteiger charge is 2.41. The largest absolute Gasteiger partial charge is 0.464 e. The summed E-state index contributed by atoms with van der Waals surface area (Å²) in [7, 11) is 0. The minimum Gasteiger partial charge on any atom is -0.464 e. The van der Waals surface area contributed by atoms with Crippen LogP contribution in [0.1, 0.15) is 58.6 Å². The van der Waals surface area contributed by atoms with Gasteiger partial charge in [0.15, 0.2) is 0 Å². The third-order valence-electron chi connectivity index (χ3n) is 7.61. The lowest BCUT2D eigenvalue weighted by molar-refractivity contribution is -0.136. The molecule has 2 aromatic carbocycles. The number of amides is 3. The lowest BCUT2D eigenvalue weighted by atomic mass is 9.85. The summed E-state index contributed by atoms with van der Waals surface area (Å²) in [5, 5.41) is 3.41. The molecule has 2 saturated heterocycles. The number of furan rings is 1. The van der Waals surface area contributed by atoms with E-state index in [2.05, 4.69) is 22.3 Å². The van der Waals surface area contributed by atoms with Crippen molar-refractivity contribution in [1.82, 2.24) is 15.1 Å². The number of halogens is 1. The molecule has 8 heteroatoms. The van der Waals surface area contributed by atoms with E-state index in [1.54, 1.807) is 12.3 Å². The van der Waals surface area contributed by atoms with Crippen molar-refractivity contribution < 1.29 is 23.2 Å². The average molecular weight is 476 g/mol. The Morgan fingerprint density at radius 2 is 1.86 bits per heavy atom. The van der Waals surface area contributed by atoms with Crippen molar-refractivity contribution in [2.45, 2.75) is 50.7 Å². The van der Waals surface area contributed by atoms with Gasteiger partial charge in [0, 0.05) is 30.5 Å². The van der Waals surface area contributed by atoms with Crippen molar-refractivity contribution in [2.24, 2.45) is 0 Å². The minimum absolute atomic E-state index is 0.154. The predicted octanol–water partition coefficient (Wildman–Crippen LogP) is 3.71. The SMILES string of the molecule is O=C1CCC(N2Cc3c(cc(F)cc3C3CCN(Cc4ccc5occc5c4)CC3)C2=O)C(=O)N1. The van der Waals surface area contributed by atoms with Crippen LogP contribution in [-0.2, 0) is 22.7 Å². The number of likely N-dealkylation sites (tertiary alicyclic amines) is 1. The molecule has 7 nitrogen and oxygen atoms in total. The van der Waals surface area contributed by atoms with Gasteiger partial charge in [0.1, 0.15) is 17.4 Å². The van der Waals surface area contributed by atoms with Gasteiger partial charge in [-0.15, -0.1) is 0 Å². The van der Waals surface area contributed by atoms with Crippen molar-refractivity contribution in [1.29, 1.82) is 0 Å². The van der Waals surface area contributed by atoms with E-state index in [0.29, 0.717) is 12.0 Å². The number of rotatable bonds is 4. The Bertz CT molecular complexity index is 1340. The topological polar surface area (TPSA) is 82.9 Å². The number of piperidine rings is 2. The lowest BCUT2D eigenvalue weighted by Crippen LogP contribution is -2.52. The number of carbonyl (C=O) groups excluding carboxylic acids is 3. The molecule has 1 aromatic heterocycles. The highest BCUT2D eigenvalue weighted by atomic mass is 19.1. The Balaban J connectivity index is 1.17. The van der Waals surface area contributed by atoms with Crippen LogP contribution in [0.15, 0.2) is 47.1 Å². The summed E-state index contributed by atoms with van der Waals surface area (Å²) in [5.74, 6) is -1.37. The van der Waals surface area contributed by atoms with E-state index in [4.69, 9.17) is 4.42 Å². The van der Waals surface area contributed by atoms with E-state index in [1.165, 1.54) is 16.5 Å². The first-order valence-electron chi connectivity index (χ1n) is 12.1. The van der Waals surface area contributed by atoms with Gasteiger partial charge in [-0.3, -0.25) is 24.6 Å². The number of hydrogen-bond donors (Lipinski definition) is 1. The molecule has 0 spiro atoms. The van der Waals surface area contributed by atoms with Crippen molar-refractivity contribution in [3.8, 4) is 0 Å². The van der Waals surface area contributed by atoms with Gasteiger partial charge < -0.3 is 9.32 Å². The summed E-state index contributed by atoms with van der Waals surface area (Å²) in [6.45, 7) is 2.88. The summed E-state index contributed by atoms with van der Waals surface area (Å²) in [4.78, 5) is 40.9. The molecular formula is C27H26FN3O4. The first kappa shape index (κ1) is 22.0. The van der Waals surface area contributed by atoms with Gasteiger partial charge in [0.2, 0.25) is 11.8 Å². The van der Waals surface area contributed by atoms with Crippen LogP contribution in [0.4, 0.5) is 4.39 Å². The van der Waals surface area contributed by atoms with Crippen molar-refractivity contribution in [2.75, 3.05) is 13.1 Å². The summed E-state index contributed by atoms with van der Waals surface area (Å²) in [5.41, 5.74) is 4.16. The monoisotopic (exact) mass is 475 g/mol. The van der Waals surface area contributed by atoms with Crippen LogP contribution in [0.25, 0.3) is 11.0 Å². The number of carbonyl (C=O) groups is 3. The van der Waals surface area contributed by atoms with E-state index in [-0.39, 0.29) is 30.7 Å². The molecular weight excluding hydrogens is 449 g/mol. The van der Waals surface area contributed by atoms with Crippen LogP contribution >= 0.6 is 0 Å². The van der Waals surface area contributed by atoms with Crippen molar-refractivity contribution in [3.63, 3.8) is 0 Å². The van der Waals surface area contributed by atoms with Crippen LogP contribution in [0.3, 0.4) is 0 Å². The lowest BCUT2D eigenvalue weighted by Gasteiger charge is -2.33. The number of fused-ring (bicyclic) bond motifs is 2. The summed E-state index contributed by atoms with van der Waals surface area (Å²) < 4.78 is 20.0. The molecule has 3 aliphatic heterocycles. The Labute approximate surface area is 201 Å². The maximum Gasteiger partial charge on any atom is 0.255 e. The maximum absolute atomic E-state index is 14.6. The Hall–Kier alpha value is -3.52. The number of hydrogen-bond acceptors (Lipinski definition) is 5. The molecule has 0 saturated carbocycles. The first-order chi connectivity index (χ1) is 17.0. The minimum atomic E-state index is -0.696. The van der Waals surface area contributed by atoms with Crippen LogP contribution in [0.5, 0.6) is 0 Å². The summed E-state index contributed by atoms with van der Waals surface area (Å²) in [6, 6.07) is 10.4. The predicted molar refractivity (Wildman–Crippen MR) is 126 cm³/mol. The van der Waals surface area contributed by atoms with Crippen LogP contribution in [0.2, 0.25) is 0 Å². The van der Waals surface area contributed by atoms with Gasteiger partial charge in [-0.2, -0.15) is 0 Å². The third-order valence-corrected chi connectivity index (χ3v) is 7.61. The van der Waals surface area contributed by atoms with Crippen molar-refractivity contribution >= 4 is 28.7 Å². The molecule has 0 aliphatic carbocycles. The normalized spacial score (nSPS) is 21.6. The molecule has 0 bridgehead atoms. The van der Waals surface area contributed by atoms with Gasteiger partial charge in [-0.05, 0) is 85.3 Å². The average Bonchev–Trinajstić information content (AvgIpc) is 3.44. The number of benzene rings is 2. The van der Waals surface area contributed by atoms with Crippen LogP contribution < -0.4 is 5.32 Å². The van der Waals surface area contributed by atoms with E-state index in [1.807, 2.05) is 12.1 Å². The summed E-state index contributed by atoms with van der Waals surface area (Å²) >= 11 is 0. The molecule has 180 valence electrons. The molecule has 1 N–H and O–H groups in total. The quantitative estimate of drug-likeness (QED) is 0.582. The summed E-state index contributed by atoms with van der Waals surface area (Å²) in [6.07, 6.45) is 3.94. The first-order valence-corrected chi connectivity index (χ1v) is 12.1. The molecule has 4 heterocycles. The number of nitrogens with zero attached hydrogens (tertiary/aromatic N) is 2. The van der Waals surface area contributed by atoms with E-state index in [9.17, 15) is 18.8 Å². The van der Waals surface area contributed by atoms with Crippen molar-refractivity contribution in [3.05, 3.63) is 70.7 Å². The zero-order valence-corrected chi connectivity index (χ0v) is 19.3. The third kappa shape index (κ3) is 4.01. The van der Waals surface area contributed by atoms with Gasteiger partial charge in [0.05, 0.1) is 6.26 Å². The van der Waals surface area contributed by atoms with Crippen LogP contribution in [-0.4, -0.2) is 46.7 Å². The molecule has 3 amide bonds. The molecule has 6 rings (SSSR count). The number of nitrogens with one attached hydrogen (secondary N) is 1. The molecule has 3 aromatic rings. The van der Waals surface area contributed by atoms with E-state index >= 15 is 0 Å². The maximum atomic E-state index is 14.6. The second kappa shape index (κ2) is 8.61. The highest BCUT2D eigenvalue weighted by molar-refractivity contribution is 6.05. The molecule has 0 radical (unpaired) electrons. The van der Waals surface area contributed by atoms with Gasteiger partial charge >= 0.3 is 0 Å². The fraction of sp³-hybridized carbons (Fsp3) is 0.370. The zero-order valence-electron chi connectivity index (χ0n) is 19.3. The van der Waals surface area contributed by atoms with Crippen LogP contribution in [0, 0.1) is 5.82 Å². The van der Waals surface area contributed by atoms with Gasteiger partial charge in [-0.25, -0.2) is 4.39 Å². The Kier molecular flexibility index (Phi) is 5.40. The second-order valence-corrected chi connectivity index (χ2v) is 9.76. The fourth-order valence-corrected chi connectivity index (χ4v) is 5.79. The Morgan fingerprint density at radius 1 is 1.03 bits per heavy atom. The Morgan fingerprint density at radius 3 is 2.66 bits per heavy atom. The number of imide groups is 1. The standard InChI is InChI=1S/C27H26FN3O4/c28-19-12-20(22-15-31(27(34)21(22)13-19)23-2-4-25(32)29-26(23)33)17-5-8-30(9-6-17)14-16-1-3-24-18(11-16)7-10-35-24/h1,3,7,10-13,17,23H,2,4-6,8-9,14-15H2,(H,29,32,33). The highest BCUT2D eigenvalue weighted by Crippen LogP contribution is 2.38.